The van der Waals surface area contributed by atoms with E-state index in [0.717, 1.165) is 6.42 Å². The summed E-state index contributed by atoms with van der Waals surface area (Å²) in [6.45, 7) is 2.76. The zero-order valence-corrected chi connectivity index (χ0v) is 10.2. The van der Waals surface area contributed by atoms with Gasteiger partial charge in [-0.25, -0.2) is 4.39 Å². The van der Waals surface area contributed by atoms with Gasteiger partial charge in [0.1, 0.15) is 5.82 Å². The molecule has 1 atom stereocenters. The molecule has 1 aromatic carbocycles. The standard InChI is InChI=1S/C11H15ClFNS/c1-8(5-6-14)15-7-9-10(12)3-2-4-11(9)13/h2-4,8H,5-7,14H2,1H3. The van der Waals surface area contributed by atoms with Gasteiger partial charge in [0.15, 0.2) is 0 Å². The summed E-state index contributed by atoms with van der Waals surface area (Å²) in [5.74, 6) is 0.377. The first-order chi connectivity index (χ1) is 7.15. The van der Waals surface area contributed by atoms with Gasteiger partial charge in [0.05, 0.1) is 0 Å². The second-order valence-corrected chi connectivity index (χ2v) is 5.23. The molecular formula is C11H15ClFNS. The molecule has 0 heterocycles. The van der Waals surface area contributed by atoms with Crippen molar-refractivity contribution in [1.29, 1.82) is 0 Å². The summed E-state index contributed by atoms with van der Waals surface area (Å²) in [4.78, 5) is 0. The maximum Gasteiger partial charge on any atom is 0.128 e. The van der Waals surface area contributed by atoms with Crippen molar-refractivity contribution in [1.82, 2.24) is 0 Å². The van der Waals surface area contributed by atoms with E-state index in [-0.39, 0.29) is 5.82 Å². The number of benzene rings is 1. The molecule has 84 valence electrons. The molecule has 0 bridgehead atoms. The first-order valence-corrected chi connectivity index (χ1v) is 6.32. The lowest BCUT2D eigenvalue weighted by Gasteiger charge is -2.11. The molecule has 0 spiro atoms. The van der Waals surface area contributed by atoms with Crippen molar-refractivity contribution in [2.24, 2.45) is 5.73 Å². The van der Waals surface area contributed by atoms with Crippen LogP contribution in [0.4, 0.5) is 4.39 Å². The van der Waals surface area contributed by atoms with Crippen molar-refractivity contribution in [2.75, 3.05) is 6.54 Å². The second kappa shape index (κ2) is 6.36. The average Bonchev–Trinajstić information content (AvgIpc) is 2.17. The highest BCUT2D eigenvalue weighted by atomic mass is 35.5. The monoisotopic (exact) mass is 247 g/mol. The molecule has 0 aliphatic heterocycles. The van der Waals surface area contributed by atoms with Crippen molar-refractivity contribution >= 4 is 23.4 Å². The number of rotatable bonds is 5. The van der Waals surface area contributed by atoms with E-state index in [1.807, 2.05) is 0 Å². The van der Waals surface area contributed by atoms with Crippen molar-refractivity contribution < 1.29 is 4.39 Å². The van der Waals surface area contributed by atoms with E-state index in [2.05, 4.69) is 6.92 Å². The van der Waals surface area contributed by atoms with Gasteiger partial charge in [-0.05, 0) is 25.1 Å². The zero-order valence-electron chi connectivity index (χ0n) is 8.67. The minimum absolute atomic E-state index is 0.227. The molecule has 15 heavy (non-hydrogen) atoms. The van der Waals surface area contributed by atoms with E-state index < -0.39 is 0 Å². The van der Waals surface area contributed by atoms with Crippen LogP contribution in [-0.2, 0) is 5.75 Å². The van der Waals surface area contributed by atoms with E-state index in [1.54, 1.807) is 23.9 Å². The van der Waals surface area contributed by atoms with Gasteiger partial charge < -0.3 is 5.73 Å². The van der Waals surface area contributed by atoms with Crippen molar-refractivity contribution in [2.45, 2.75) is 24.3 Å². The summed E-state index contributed by atoms with van der Waals surface area (Å²) in [6.07, 6.45) is 0.941. The molecule has 0 saturated heterocycles. The lowest BCUT2D eigenvalue weighted by Crippen LogP contribution is -2.07. The molecule has 0 fully saturated rings. The van der Waals surface area contributed by atoms with E-state index in [1.165, 1.54) is 6.07 Å². The van der Waals surface area contributed by atoms with Crippen LogP contribution in [0.5, 0.6) is 0 Å². The molecule has 0 radical (unpaired) electrons. The first-order valence-electron chi connectivity index (χ1n) is 4.89. The van der Waals surface area contributed by atoms with E-state index in [9.17, 15) is 4.39 Å². The summed E-state index contributed by atoms with van der Waals surface area (Å²) < 4.78 is 13.4. The Morgan fingerprint density at radius 3 is 2.87 bits per heavy atom. The lowest BCUT2D eigenvalue weighted by molar-refractivity contribution is 0.617. The fourth-order valence-corrected chi connectivity index (χ4v) is 2.57. The van der Waals surface area contributed by atoms with Crippen LogP contribution in [0.1, 0.15) is 18.9 Å². The van der Waals surface area contributed by atoms with Gasteiger partial charge in [-0.3, -0.25) is 0 Å². The molecule has 1 unspecified atom stereocenters. The Morgan fingerprint density at radius 2 is 2.27 bits per heavy atom. The Labute approximate surface area is 99.2 Å². The van der Waals surface area contributed by atoms with Crippen LogP contribution < -0.4 is 5.73 Å². The lowest BCUT2D eigenvalue weighted by atomic mass is 10.2. The third kappa shape index (κ3) is 4.01. The Morgan fingerprint density at radius 1 is 1.53 bits per heavy atom. The fraction of sp³-hybridized carbons (Fsp3) is 0.455. The Balaban J connectivity index is 2.57. The highest BCUT2D eigenvalue weighted by molar-refractivity contribution is 7.99. The smallest absolute Gasteiger partial charge is 0.128 e. The van der Waals surface area contributed by atoms with Crippen molar-refractivity contribution in [3.63, 3.8) is 0 Å². The number of hydrogen-bond acceptors (Lipinski definition) is 2. The summed E-state index contributed by atoms with van der Waals surface area (Å²) in [5.41, 5.74) is 6.04. The van der Waals surface area contributed by atoms with Gasteiger partial charge in [-0.1, -0.05) is 24.6 Å². The molecule has 1 aromatic rings. The fourth-order valence-electron chi connectivity index (χ4n) is 1.21. The average molecular weight is 248 g/mol. The Bertz CT molecular complexity index is 299. The molecule has 4 heteroatoms. The molecule has 0 aromatic heterocycles. The number of halogens is 2. The van der Waals surface area contributed by atoms with Gasteiger partial charge >= 0.3 is 0 Å². The van der Waals surface area contributed by atoms with Crippen LogP contribution in [0.15, 0.2) is 18.2 Å². The quantitative estimate of drug-likeness (QED) is 0.863. The third-order valence-corrected chi connectivity index (χ3v) is 3.76. The van der Waals surface area contributed by atoms with Gasteiger partial charge in [-0.15, -0.1) is 0 Å². The molecule has 0 aliphatic rings. The minimum atomic E-state index is -0.227. The molecular weight excluding hydrogens is 233 g/mol. The SMILES string of the molecule is CC(CCN)SCc1c(F)cccc1Cl. The predicted molar refractivity (Wildman–Crippen MR) is 65.8 cm³/mol. The Hall–Kier alpha value is -0.250. The van der Waals surface area contributed by atoms with Gasteiger partial charge in [-0.2, -0.15) is 11.8 Å². The van der Waals surface area contributed by atoms with Gasteiger partial charge in [0.2, 0.25) is 0 Å². The third-order valence-electron chi connectivity index (χ3n) is 2.15. The number of hydrogen-bond donors (Lipinski definition) is 1. The van der Waals surface area contributed by atoms with Crippen LogP contribution in [0, 0.1) is 5.82 Å². The summed E-state index contributed by atoms with van der Waals surface area (Å²) in [7, 11) is 0. The van der Waals surface area contributed by atoms with E-state index in [4.69, 9.17) is 17.3 Å². The van der Waals surface area contributed by atoms with Gasteiger partial charge in [0.25, 0.3) is 0 Å². The summed E-state index contributed by atoms with van der Waals surface area (Å²) in [5, 5.41) is 0.938. The topological polar surface area (TPSA) is 26.0 Å². The maximum atomic E-state index is 13.4. The summed E-state index contributed by atoms with van der Waals surface area (Å²) >= 11 is 7.59. The van der Waals surface area contributed by atoms with Gasteiger partial charge in [0, 0.05) is 21.6 Å². The van der Waals surface area contributed by atoms with Crippen LogP contribution >= 0.6 is 23.4 Å². The second-order valence-electron chi connectivity index (χ2n) is 3.40. The summed E-state index contributed by atoms with van der Waals surface area (Å²) in [6, 6.07) is 4.78. The molecule has 0 saturated carbocycles. The van der Waals surface area contributed by atoms with Crippen LogP contribution in [0.3, 0.4) is 0 Å². The van der Waals surface area contributed by atoms with E-state index >= 15 is 0 Å². The highest BCUT2D eigenvalue weighted by Crippen LogP contribution is 2.26. The number of nitrogens with two attached hydrogens (primary N) is 1. The molecule has 1 rings (SSSR count). The minimum Gasteiger partial charge on any atom is -0.330 e. The Kier molecular flexibility index (Phi) is 5.43. The maximum absolute atomic E-state index is 13.4. The predicted octanol–water partition coefficient (Wildman–Crippen LogP) is 3.45. The van der Waals surface area contributed by atoms with Crippen molar-refractivity contribution in [3.8, 4) is 0 Å². The normalized spacial score (nSPS) is 12.8. The van der Waals surface area contributed by atoms with Crippen molar-refractivity contribution in [3.05, 3.63) is 34.6 Å². The molecule has 0 amide bonds. The molecule has 2 N–H and O–H groups in total. The van der Waals surface area contributed by atoms with Crippen LogP contribution in [0.25, 0.3) is 0 Å². The first kappa shape index (κ1) is 12.8. The highest BCUT2D eigenvalue weighted by Gasteiger charge is 2.09. The molecule has 0 aliphatic carbocycles. The van der Waals surface area contributed by atoms with Crippen LogP contribution in [-0.4, -0.2) is 11.8 Å². The van der Waals surface area contributed by atoms with E-state index in [0.29, 0.717) is 28.1 Å². The molecule has 1 nitrogen and oxygen atoms in total. The zero-order chi connectivity index (χ0) is 11.3. The number of thioether (sulfide) groups is 1. The largest absolute Gasteiger partial charge is 0.330 e. The van der Waals surface area contributed by atoms with Crippen LogP contribution in [0.2, 0.25) is 5.02 Å².